The number of oxime groups is 1. The van der Waals surface area contributed by atoms with Crippen molar-refractivity contribution in [2.75, 3.05) is 71.0 Å². The standard InChI is InChI=1S/C46H65ClN2O10S/c1-5-24-57-46-41(49(20-26-54-27-23-52)44(53)56-25-19-47)32-39(48-59-45(2,3)4)37-30-33(13-9-11-21-50)36(16-10-12-22-51)42(43(37)46)38-31-34(17-18-40(38)58-46)55-28-29-60-35-14-7-6-8-15-35/h5-8,14-15,17-18,30-31,33,36,41-43,50-52H,1,9-13,16,19-29,32H2,2-4H3/t33-,36+,41-,42+,43+,46+/m0/s1. The van der Waals surface area contributed by atoms with E-state index >= 15 is 0 Å². The number of rotatable bonds is 25. The van der Waals surface area contributed by atoms with Gasteiger partial charge in [0.25, 0.3) is 0 Å². The van der Waals surface area contributed by atoms with E-state index in [9.17, 15) is 20.1 Å². The molecule has 0 unspecified atom stereocenters. The highest BCUT2D eigenvalue weighted by Crippen LogP contribution is 2.62. The number of alkyl halides is 1. The number of unbranched alkanes of at least 4 members (excludes halogenated alkanes) is 2. The van der Waals surface area contributed by atoms with E-state index in [0.29, 0.717) is 30.9 Å². The van der Waals surface area contributed by atoms with Crippen LogP contribution in [0, 0.1) is 17.8 Å². The van der Waals surface area contributed by atoms with E-state index < -0.39 is 29.4 Å². The van der Waals surface area contributed by atoms with Gasteiger partial charge >= 0.3 is 6.09 Å². The largest absolute Gasteiger partial charge is 0.493 e. The third-order valence-corrected chi connectivity index (χ3v) is 12.2. The van der Waals surface area contributed by atoms with Gasteiger partial charge in [0.15, 0.2) is 0 Å². The second kappa shape index (κ2) is 23.8. The number of halogens is 1. The zero-order valence-corrected chi connectivity index (χ0v) is 37.0. The van der Waals surface area contributed by atoms with Crippen LogP contribution < -0.4 is 9.47 Å². The van der Waals surface area contributed by atoms with Gasteiger partial charge in [0.2, 0.25) is 5.79 Å². The van der Waals surface area contributed by atoms with Crippen molar-refractivity contribution in [3.8, 4) is 11.5 Å². The summed E-state index contributed by atoms with van der Waals surface area (Å²) in [6, 6.07) is 15.4. The van der Waals surface area contributed by atoms with Gasteiger partial charge in [0.05, 0.1) is 50.5 Å². The summed E-state index contributed by atoms with van der Waals surface area (Å²) >= 11 is 7.77. The van der Waals surface area contributed by atoms with Gasteiger partial charge in [-0.05, 0) is 94.2 Å². The van der Waals surface area contributed by atoms with Crippen molar-refractivity contribution in [3.63, 3.8) is 0 Å². The van der Waals surface area contributed by atoms with Crippen molar-refractivity contribution in [2.45, 2.75) is 94.0 Å². The first kappa shape index (κ1) is 47.7. The molecule has 0 saturated heterocycles. The lowest BCUT2D eigenvalue weighted by Crippen LogP contribution is -2.70. The Morgan fingerprint density at radius 3 is 2.48 bits per heavy atom. The van der Waals surface area contributed by atoms with Crippen LogP contribution in [-0.4, -0.2) is 120 Å². The highest BCUT2D eigenvalue weighted by atomic mass is 35.5. The third-order valence-electron chi connectivity index (χ3n) is 11.1. The molecule has 5 rings (SSSR count). The SMILES string of the molecule is C=CCO[C@@]12Oc3ccc(OCCSc4ccccc4)cc3[C@H]3[C@H](CCCCO)[C@@H](CCCCO)C=C(C(=NOC(C)(C)C)C[C@@H]1N(CCOCCO)C(=O)OCCCl)[C@H]32. The number of allylic oxidation sites excluding steroid dienone is 1. The summed E-state index contributed by atoms with van der Waals surface area (Å²) in [5, 5.41) is 34.2. The topological polar surface area (TPSA) is 149 Å². The Hall–Kier alpha value is -3.30. The minimum Gasteiger partial charge on any atom is -0.493 e. The average Bonchev–Trinajstić information content (AvgIpc) is 3.24. The molecule has 0 aromatic heterocycles. The first-order chi connectivity index (χ1) is 29.1. The molecule has 0 bridgehead atoms. The second-order valence-corrected chi connectivity index (χ2v) is 17.9. The molecular weight excluding hydrogens is 808 g/mol. The molecule has 1 fully saturated rings. The molecular formula is C46H65ClN2O10S. The van der Waals surface area contributed by atoms with Gasteiger partial charge < -0.3 is 43.8 Å². The summed E-state index contributed by atoms with van der Waals surface area (Å²) in [5.41, 5.74) is 1.96. The van der Waals surface area contributed by atoms with Crippen LogP contribution in [-0.2, 0) is 19.0 Å². The van der Waals surface area contributed by atoms with Crippen molar-refractivity contribution >= 4 is 35.2 Å². The molecule has 6 atom stereocenters. The maximum Gasteiger partial charge on any atom is 0.410 e. The third kappa shape index (κ3) is 12.4. The summed E-state index contributed by atoms with van der Waals surface area (Å²) in [5.74, 6) is 0.170. The maximum absolute atomic E-state index is 14.2. The van der Waals surface area contributed by atoms with Crippen LogP contribution in [0.4, 0.5) is 4.79 Å². The molecule has 0 radical (unpaired) electrons. The predicted molar refractivity (Wildman–Crippen MR) is 235 cm³/mol. The highest BCUT2D eigenvalue weighted by molar-refractivity contribution is 7.99. The fourth-order valence-electron chi connectivity index (χ4n) is 8.68. The van der Waals surface area contributed by atoms with Gasteiger partial charge in [-0.15, -0.1) is 29.9 Å². The van der Waals surface area contributed by atoms with Gasteiger partial charge in [0, 0.05) is 48.3 Å². The number of nitrogens with zero attached hydrogens (tertiary/aromatic N) is 2. The van der Waals surface area contributed by atoms with Gasteiger partial charge in [-0.3, -0.25) is 4.90 Å². The Labute approximate surface area is 365 Å². The number of benzene rings is 2. The van der Waals surface area contributed by atoms with Crippen LogP contribution in [0.25, 0.3) is 0 Å². The monoisotopic (exact) mass is 872 g/mol. The van der Waals surface area contributed by atoms with Crippen molar-refractivity contribution in [3.05, 3.63) is 78.4 Å². The van der Waals surface area contributed by atoms with Crippen molar-refractivity contribution in [1.82, 2.24) is 4.90 Å². The first-order valence-electron chi connectivity index (χ1n) is 21.4. The second-order valence-electron chi connectivity index (χ2n) is 16.3. The molecule has 3 aliphatic rings. The molecule has 3 N–H and O–H groups in total. The molecule has 2 aromatic carbocycles. The zero-order valence-electron chi connectivity index (χ0n) is 35.5. The Kier molecular flexibility index (Phi) is 18.9. The van der Waals surface area contributed by atoms with Crippen LogP contribution in [0.5, 0.6) is 11.5 Å². The maximum atomic E-state index is 14.2. The van der Waals surface area contributed by atoms with E-state index in [1.54, 1.807) is 22.7 Å². The Morgan fingerprint density at radius 1 is 1.02 bits per heavy atom. The van der Waals surface area contributed by atoms with E-state index in [-0.39, 0.29) is 82.8 Å². The minimum atomic E-state index is -1.46. The quantitative estimate of drug-likeness (QED) is 0.0293. The van der Waals surface area contributed by atoms with E-state index in [4.69, 9.17) is 45.3 Å². The van der Waals surface area contributed by atoms with Crippen LogP contribution in [0.3, 0.4) is 0 Å². The van der Waals surface area contributed by atoms with Gasteiger partial charge in [-0.1, -0.05) is 48.3 Å². The van der Waals surface area contributed by atoms with Gasteiger partial charge in [-0.25, -0.2) is 4.79 Å². The van der Waals surface area contributed by atoms with E-state index in [1.807, 2.05) is 51.1 Å². The number of fused-ring (bicyclic) bond motifs is 2. The predicted octanol–water partition coefficient (Wildman–Crippen LogP) is 7.98. The van der Waals surface area contributed by atoms with Crippen LogP contribution in [0.15, 0.2) is 82.9 Å². The van der Waals surface area contributed by atoms with Crippen LogP contribution in [0.2, 0.25) is 0 Å². The van der Waals surface area contributed by atoms with Gasteiger partial charge in [-0.2, -0.15) is 0 Å². The number of carbonyl (C=O) groups is 1. The van der Waals surface area contributed by atoms with Crippen molar-refractivity contribution in [2.24, 2.45) is 22.9 Å². The number of hydrogen-bond donors (Lipinski definition) is 3. The van der Waals surface area contributed by atoms with Crippen LogP contribution >= 0.6 is 23.4 Å². The molecule has 2 aliphatic carbocycles. The molecule has 1 saturated carbocycles. The molecule has 0 spiro atoms. The first-order valence-corrected chi connectivity index (χ1v) is 22.9. The van der Waals surface area contributed by atoms with E-state index in [2.05, 4.69) is 30.9 Å². The molecule has 1 heterocycles. The number of carbonyl (C=O) groups excluding carboxylic acids is 1. The summed E-state index contributed by atoms with van der Waals surface area (Å²) in [7, 11) is 0. The van der Waals surface area contributed by atoms with E-state index in [1.165, 1.54) is 4.90 Å². The highest BCUT2D eigenvalue weighted by Gasteiger charge is 2.65. The zero-order chi connectivity index (χ0) is 43.0. The number of aliphatic hydroxyl groups is 3. The summed E-state index contributed by atoms with van der Waals surface area (Å²) in [6.07, 6.45) is 8.16. The Bertz CT molecular complexity index is 1710. The molecule has 2 aromatic rings. The number of hydrogen-bond acceptors (Lipinski definition) is 12. The van der Waals surface area contributed by atoms with Crippen molar-refractivity contribution in [1.29, 1.82) is 0 Å². The Balaban J connectivity index is 1.70. The minimum absolute atomic E-state index is 0.00825. The molecule has 12 nitrogen and oxygen atoms in total. The summed E-state index contributed by atoms with van der Waals surface area (Å²) in [4.78, 5) is 23.2. The lowest BCUT2D eigenvalue weighted by atomic mass is 9.55. The summed E-state index contributed by atoms with van der Waals surface area (Å²) < 4.78 is 32.2. The molecule has 14 heteroatoms. The molecule has 332 valence electrons. The number of amides is 1. The normalized spacial score (nSPS) is 23.8. The lowest BCUT2D eigenvalue weighted by Gasteiger charge is -2.60. The van der Waals surface area contributed by atoms with E-state index in [0.717, 1.165) is 48.3 Å². The molecule has 1 amide bonds. The summed E-state index contributed by atoms with van der Waals surface area (Å²) in [6.45, 7) is 10.8. The smallest absolute Gasteiger partial charge is 0.410 e. The fraction of sp³-hybridized carbons (Fsp3) is 0.609. The number of aliphatic hydroxyl groups excluding tert-OH is 3. The van der Waals surface area contributed by atoms with Crippen molar-refractivity contribution < 1.29 is 48.6 Å². The molecule has 60 heavy (non-hydrogen) atoms. The van der Waals surface area contributed by atoms with Gasteiger partial charge in [0.1, 0.15) is 29.7 Å². The lowest BCUT2D eigenvalue weighted by molar-refractivity contribution is -0.256. The number of ether oxygens (including phenoxy) is 5. The Morgan fingerprint density at radius 2 is 1.78 bits per heavy atom. The number of thioether (sulfide) groups is 1. The average molecular weight is 874 g/mol. The molecule has 1 aliphatic heterocycles. The fourth-order valence-corrected chi connectivity index (χ4v) is 9.51. The van der Waals surface area contributed by atoms with Crippen LogP contribution in [0.1, 0.15) is 77.2 Å².